The van der Waals surface area contributed by atoms with Gasteiger partial charge in [-0.2, -0.15) is 0 Å². The van der Waals surface area contributed by atoms with E-state index in [2.05, 4.69) is 20.1 Å². The van der Waals surface area contributed by atoms with Crippen molar-refractivity contribution in [2.75, 3.05) is 13.7 Å². The van der Waals surface area contributed by atoms with Gasteiger partial charge >= 0.3 is 5.69 Å². The molecule has 4 N–H and O–H groups in total. The number of alkyl halides is 1. The third-order valence-electron chi connectivity index (χ3n) is 5.72. The second kappa shape index (κ2) is 9.96. The zero-order chi connectivity index (χ0) is 25.1. The SMILES string of the molecule is N=C(N)c1ccc(CC(c2cc3c(c(OCF)c2)OCOC3)c2nn(-c3ncccn3)c(=O)[nH]2)cc1. The van der Waals surface area contributed by atoms with E-state index in [-0.39, 0.29) is 30.9 Å². The summed E-state index contributed by atoms with van der Waals surface area (Å²) in [5.41, 5.74) is 7.96. The Bertz CT molecular complexity index is 1440. The standard InChI is InChI=1S/C24H22FN7O4/c25-12-35-19-10-16(9-17-11-34-13-36-20(17)19)18(8-14-2-4-15(5-3-14)21(26)27)22-30-24(33)32(31-22)23-28-6-1-7-29-23/h1-7,9-10,18H,8,11-13H2,(H3,26,27)(H,30,31,33). The highest BCUT2D eigenvalue weighted by molar-refractivity contribution is 5.94. The Morgan fingerprint density at radius 3 is 2.75 bits per heavy atom. The molecule has 184 valence electrons. The van der Waals surface area contributed by atoms with Crippen molar-refractivity contribution in [3.8, 4) is 17.4 Å². The summed E-state index contributed by atoms with van der Waals surface area (Å²) in [7, 11) is 0. The van der Waals surface area contributed by atoms with Crippen molar-refractivity contribution in [3.63, 3.8) is 0 Å². The molecule has 0 spiro atoms. The van der Waals surface area contributed by atoms with Crippen LogP contribution in [0, 0.1) is 5.41 Å². The van der Waals surface area contributed by atoms with Crippen molar-refractivity contribution in [1.82, 2.24) is 24.7 Å². The summed E-state index contributed by atoms with van der Waals surface area (Å²) in [6.07, 6.45) is 3.44. The molecular weight excluding hydrogens is 469 g/mol. The van der Waals surface area contributed by atoms with Crippen LogP contribution < -0.4 is 20.9 Å². The number of amidine groups is 1. The summed E-state index contributed by atoms with van der Waals surface area (Å²) in [6.45, 7) is -0.738. The molecule has 36 heavy (non-hydrogen) atoms. The van der Waals surface area contributed by atoms with E-state index in [1.807, 2.05) is 18.2 Å². The first-order valence-corrected chi connectivity index (χ1v) is 11.0. The molecule has 0 amide bonds. The van der Waals surface area contributed by atoms with Gasteiger partial charge in [0.15, 0.2) is 18.3 Å². The topological polar surface area (TPSA) is 154 Å². The minimum Gasteiger partial charge on any atom is -0.463 e. The van der Waals surface area contributed by atoms with Crippen LogP contribution in [0.1, 0.15) is 34.0 Å². The van der Waals surface area contributed by atoms with Crippen molar-refractivity contribution in [2.24, 2.45) is 5.73 Å². The van der Waals surface area contributed by atoms with E-state index < -0.39 is 18.5 Å². The van der Waals surface area contributed by atoms with Gasteiger partial charge in [0.1, 0.15) is 11.7 Å². The second-order valence-electron chi connectivity index (χ2n) is 8.01. The van der Waals surface area contributed by atoms with Crippen LogP contribution in [-0.4, -0.2) is 44.2 Å². The van der Waals surface area contributed by atoms with Crippen LogP contribution in [0.3, 0.4) is 0 Å². The number of nitrogen functional groups attached to an aromatic ring is 1. The van der Waals surface area contributed by atoms with Crippen molar-refractivity contribution in [3.05, 3.63) is 93.4 Å². The molecule has 2 aromatic carbocycles. The molecule has 0 fully saturated rings. The predicted octanol–water partition coefficient (Wildman–Crippen LogP) is 2.18. The fourth-order valence-corrected chi connectivity index (χ4v) is 4.04. The highest BCUT2D eigenvalue weighted by Crippen LogP contribution is 2.39. The van der Waals surface area contributed by atoms with E-state index in [0.717, 1.165) is 10.2 Å². The summed E-state index contributed by atoms with van der Waals surface area (Å²) in [5, 5.41) is 12.1. The van der Waals surface area contributed by atoms with Gasteiger partial charge in [-0.3, -0.25) is 10.4 Å². The molecule has 1 aliphatic heterocycles. The van der Waals surface area contributed by atoms with E-state index in [0.29, 0.717) is 34.7 Å². The minimum atomic E-state index is -1.03. The molecule has 2 aromatic heterocycles. The molecule has 5 rings (SSSR count). The van der Waals surface area contributed by atoms with Gasteiger partial charge < -0.3 is 19.9 Å². The number of halogens is 1. The van der Waals surface area contributed by atoms with Crippen molar-refractivity contribution in [2.45, 2.75) is 18.9 Å². The van der Waals surface area contributed by atoms with E-state index in [9.17, 15) is 9.18 Å². The zero-order valence-corrected chi connectivity index (χ0v) is 19.0. The zero-order valence-electron chi connectivity index (χ0n) is 19.0. The number of hydrogen-bond donors (Lipinski definition) is 3. The maximum Gasteiger partial charge on any atom is 0.350 e. The smallest absolute Gasteiger partial charge is 0.350 e. The molecule has 1 atom stereocenters. The Balaban J connectivity index is 1.61. The number of hydrogen-bond acceptors (Lipinski definition) is 8. The molecule has 0 radical (unpaired) electrons. The molecule has 0 aliphatic carbocycles. The van der Waals surface area contributed by atoms with Crippen LogP contribution >= 0.6 is 0 Å². The van der Waals surface area contributed by atoms with Crippen LogP contribution in [-0.2, 0) is 17.8 Å². The Hall–Kier alpha value is -4.58. The second-order valence-corrected chi connectivity index (χ2v) is 8.01. The lowest BCUT2D eigenvalue weighted by Crippen LogP contribution is -2.18. The van der Waals surface area contributed by atoms with E-state index in [4.69, 9.17) is 25.4 Å². The van der Waals surface area contributed by atoms with Gasteiger partial charge in [0, 0.05) is 29.4 Å². The first kappa shape index (κ1) is 23.2. The molecule has 0 saturated carbocycles. The summed E-state index contributed by atoms with van der Waals surface area (Å²) < 4.78 is 30.4. The fraction of sp³-hybridized carbons (Fsp3) is 0.208. The number of aromatic amines is 1. The van der Waals surface area contributed by atoms with Crippen LogP contribution in [0.15, 0.2) is 59.7 Å². The third kappa shape index (κ3) is 4.66. The van der Waals surface area contributed by atoms with Gasteiger partial charge in [-0.15, -0.1) is 9.78 Å². The molecule has 12 heteroatoms. The molecule has 0 bridgehead atoms. The van der Waals surface area contributed by atoms with E-state index >= 15 is 0 Å². The Morgan fingerprint density at radius 2 is 2.03 bits per heavy atom. The lowest BCUT2D eigenvalue weighted by molar-refractivity contribution is -0.0191. The molecule has 1 unspecified atom stereocenters. The quantitative estimate of drug-likeness (QED) is 0.250. The molecule has 0 saturated heterocycles. The number of H-pyrrole nitrogens is 1. The summed E-state index contributed by atoms with van der Waals surface area (Å²) in [4.78, 5) is 23.8. The lowest BCUT2D eigenvalue weighted by atomic mass is 9.89. The molecular formula is C24H22FN7O4. The lowest BCUT2D eigenvalue weighted by Gasteiger charge is -2.23. The summed E-state index contributed by atoms with van der Waals surface area (Å²) >= 11 is 0. The third-order valence-corrected chi connectivity index (χ3v) is 5.72. The van der Waals surface area contributed by atoms with Gasteiger partial charge in [0.2, 0.25) is 6.86 Å². The van der Waals surface area contributed by atoms with Gasteiger partial charge in [-0.05, 0) is 35.7 Å². The molecule has 3 heterocycles. The molecule has 11 nitrogen and oxygen atoms in total. The van der Waals surface area contributed by atoms with Crippen molar-refractivity contribution < 1.29 is 18.6 Å². The van der Waals surface area contributed by atoms with Crippen LogP contribution in [0.25, 0.3) is 5.95 Å². The highest BCUT2D eigenvalue weighted by atomic mass is 19.1. The number of nitrogens with two attached hydrogens (primary N) is 1. The van der Waals surface area contributed by atoms with E-state index in [1.54, 1.807) is 24.3 Å². The average molecular weight is 491 g/mol. The number of aromatic nitrogens is 5. The number of benzene rings is 2. The van der Waals surface area contributed by atoms with E-state index in [1.165, 1.54) is 12.4 Å². The number of nitrogens with one attached hydrogen (secondary N) is 2. The first-order valence-electron chi connectivity index (χ1n) is 11.0. The first-order chi connectivity index (χ1) is 17.5. The summed E-state index contributed by atoms with van der Waals surface area (Å²) in [5.74, 6) is 0.629. The number of ether oxygens (including phenoxy) is 3. The van der Waals surface area contributed by atoms with Gasteiger partial charge in [0.25, 0.3) is 5.95 Å². The van der Waals surface area contributed by atoms with Gasteiger partial charge in [0.05, 0.1) is 6.61 Å². The predicted molar refractivity (Wildman–Crippen MR) is 126 cm³/mol. The normalized spacial score (nSPS) is 13.5. The maximum absolute atomic E-state index is 13.2. The minimum absolute atomic E-state index is 0.0354. The largest absolute Gasteiger partial charge is 0.463 e. The van der Waals surface area contributed by atoms with Gasteiger partial charge in [-0.25, -0.2) is 19.2 Å². The Morgan fingerprint density at radius 1 is 1.25 bits per heavy atom. The van der Waals surface area contributed by atoms with Crippen molar-refractivity contribution in [1.29, 1.82) is 5.41 Å². The molecule has 4 aromatic rings. The number of fused-ring (bicyclic) bond motifs is 1. The number of rotatable bonds is 8. The van der Waals surface area contributed by atoms with Gasteiger partial charge in [-0.1, -0.05) is 24.3 Å². The van der Waals surface area contributed by atoms with Crippen LogP contribution in [0.4, 0.5) is 4.39 Å². The average Bonchev–Trinajstić information content (AvgIpc) is 3.29. The summed E-state index contributed by atoms with van der Waals surface area (Å²) in [6, 6.07) is 12.4. The van der Waals surface area contributed by atoms with Crippen LogP contribution in [0.5, 0.6) is 11.5 Å². The van der Waals surface area contributed by atoms with Crippen LogP contribution in [0.2, 0.25) is 0 Å². The number of nitrogens with zero attached hydrogens (tertiary/aromatic N) is 4. The molecule has 1 aliphatic rings. The fourth-order valence-electron chi connectivity index (χ4n) is 4.04. The van der Waals surface area contributed by atoms with Crippen molar-refractivity contribution >= 4 is 5.84 Å². The maximum atomic E-state index is 13.2. The Labute approximate surface area is 204 Å². The Kier molecular flexibility index (Phi) is 6.41. The monoisotopic (exact) mass is 491 g/mol. The highest BCUT2D eigenvalue weighted by Gasteiger charge is 2.26.